The molecule has 1 unspecified atom stereocenters. The highest BCUT2D eigenvalue weighted by Gasteiger charge is 2.31. The smallest absolute Gasteiger partial charge is 0.0169 e. The molecular weight excluding hydrogens is 244 g/mol. The molecule has 2 nitrogen and oxygen atoms in total. The van der Waals surface area contributed by atoms with Crippen LogP contribution in [0.1, 0.15) is 49.7 Å². The molecule has 3 rings (SSSR count). The summed E-state index contributed by atoms with van der Waals surface area (Å²) in [5.41, 5.74) is 2.89. The average molecular weight is 272 g/mol. The van der Waals surface area contributed by atoms with Crippen molar-refractivity contribution in [2.75, 3.05) is 19.6 Å². The van der Waals surface area contributed by atoms with Gasteiger partial charge >= 0.3 is 0 Å². The lowest BCUT2D eigenvalue weighted by molar-refractivity contribution is 0.232. The lowest BCUT2D eigenvalue weighted by Gasteiger charge is -2.39. The molecule has 0 amide bonds. The third kappa shape index (κ3) is 3.42. The van der Waals surface area contributed by atoms with E-state index in [1.54, 1.807) is 0 Å². The van der Waals surface area contributed by atoms with E-state index in [1.165, 1.54) is 56.4 Å². The fourth-order valence-corrected chi connectivity index (χ4v) is 3.67. The molecule has 1 heterocycles. The Labute approximate surface area is 123 Å². The molecule has 1 saturated carbocycles. The normalized spacial score (nSPS) is 28.3. The third-order valence-corrected chi connectivity index (χ3v) is 4.94. The zero-order chi connectivity index (χ0) is 13.9. The van der Waals surface area contributed by atoms with Crippen molar-refractivity contribution in [2.24, 2.45) is 0 Å². The van der Waals surface area contributed by atoms with Crippen LogP contribution in [0, 0.1) is 6.92 Å². The molecule has 2 fully saturated rings. The minimum absolute atomic E-state index is 0.636. The van der Waals surface area contributed by atoms with Gasteiger partial charge in [0.25, 0.3) is 0 Å². The Balaban J connectivity index is 1.40. The fraction of sp³-hybridized carbons (Fsp3) is 0.667. The topological polar surface area (TPSA) is 15.3 Å². The molecule has 0 radical (unpaired) electrons. The Morgan fingerprint density at radius 1 is 1.15 bits per heavy atom. The van der Waals surface area contributed by atoms with E-state index in [9.17, 15) is 0 Å². The number of benzene rings is 1. The minimum atomic E-state index is 0.636. The highest BCUT2D eigenvalue weighted by Crippen LogP contribution is 2.37. The number of nitrogens with one attached hydrogen (secondary N) is 1. The van der Waals surface area contributed by atoms with E-state index in [-0.39, 0.29) is 0 Å². The highest BCUT2D eigenvalue weighted by atomic mass is 15.2. The van der Waals surface area contributed by atoms with Gasteiger partial charge in [0.2, 0.25) is 0 Å². The number of nitrogens with zero attached hydrogens (tertiary/aromatic N) is 1. The zero-order valence-electron chi connectivity index (χ0n) is 12.9. The monoisotopic (exact) mass is 272 g/mol. The Morgan fingerprint density at radius 3 is 2.45 bits per heavy atom. The highest BCUT2D eigenvalue weighted by molar-refractivity contribution is 5.26. The van der Waals surface area contributed by atoms with Gasteiger partial charge in [-0.1, -0.05) is 29.8 Å². The van der Waals surface area contributed by atoms with Crippen LogP contribution in [0.5, 0.6) is 0 Å². The van der Waals surface area contributed by atoms with Gasteiger partial charge in [0.05, 0.1) is 0 Å². The Bertz CT molecular complexity index is 414. The second-order valence-electron chi connectivity index (χ2n) is 6.85. The van der Waals surface area contributed by atoms with Crippen LogP contribution in [0.15, 0.2) is 24.3 Å². The maximum absolute atomic E-state index is 3.81. The van der Waals surface area contributed by atoms with Crippen molar-refractivity contribution in [2.45, 2.75) is 57.5 Å². The van der Waals surface area contributed by atoms with E-state index in [4.69, 9.17) is 0 Å². The molecule has 0 bridgehead atoms. The van der Waals surface area contributed by atoms with E-state index >= 15 is 0 Å². The van der Waals surface area contributed by atoms with Crippen molar-refractivity contribution in [1.29, 1.82) is 0 Å². The van der Waals surface area contributed by atoms with Crippen molar-refractivity contribution in [3.8, 4) is 0 Å². The molecule has 110 valence electrons. The molecule has 2 heteroatoms. The quantitative estimate of drug-likeness (QED) is 0.884. The van der Waals surface area contributed by atoms with Crippen LogP contribution in [-0.4, -0.2) is 36.6 Å². The van der Waals surface area contributed by atoms with Gasteiger partial charge in [-0.25, -0.2) is 0 Å². The summed E-state index contributed by atoms with van der Waals surface area (Å²) in [6.07, 6.45) is 5.41. The molecule has 1 aromatic carbocycles. The fourth-order valence-electron chi connectivity index (χ4n) is 3.67. The molecular formula is C18H28N2. The molecule has 0 aromatic heterocycles. The Morgan fingerprint density at radius 2 is 1.80 bits per heavy atom. The maximum Gasteiger partial charge on any atom is 0.0169 e. The second kappa shape index (κ2) is 6.28. The van der Waals surface area contributed by atoms with E-state index in [0.29, 0.717) is 6.04 Å². The van der Waals surface area contributed by atoms with Crippen LogP contribution in [-0.2, 0) is 0 Å². The van der Waals surface area contributed by atoms with Crippen LogP contribution in [0.25, 0.3) is 0 Å². The molecule has 1 aliphatic carbocycles. The van der Waals surface area contributed by atoms with Gasteiger partial charge in [0, 0.05) is 18.6 Å². The number of rotatable bonds is 5. The predicted octanol–water partition coefficient (Wildman–Crippen LogP) is 3.31. The summed E-state index contributed by atoms with van der Waals surface area (Å²) in [4.78, 5) is 2.60. The van der Waals surface area contributed by atoms with Crippen molar-refractivity contribution >= 4 is 0 Å². The van der Waals surface area contributed by atoms with Gasteiger partial charge in [-0.15, -0.1) is 0 Å². The molecule has 2 aliphatic rings. The second-order valence-corrected chi connectivity index (χ2v) is 6.85. The van der Waals surface area contributed by atoms with Crippen LogP contribution in [0.2, 0.25) is 0 Å². The number of hydrogen-bond acceptors (Lipinski definition) is 2. The summed E-state index contributed by atoms with van der Waals surface area (Å²) < 4.78 is 0. The molecule has 1 aromatic rings. The first kappa shape index (κ1) is 14.1. The van der Waals surface area contributed by atoms with Crippen molar-refractivity contribution in [1.82, 2.24) is 10.2 Å². The summed E-state index contributed by atoms with van der Waals surface area (Å²) >= 11 is 0. The molecule has 20 heavy (non-hydrogen) atoms. The van der Waals surface area contributed by atoms with Crippen LogP contribution < -0.4 is 5.32 Å². The van der Waals surface area contributed by atoms with Crippen LogP contribution in [0.4, 0.5) is 0 Å². The first-order valence-electron chi connectivity index (χ1n) is 8.25. The SMILES string of the molecule is Cc1ccc(C2CC(NC(C)CN3CCCC3)C2)cc1. The predicted molar refractivity (Wildman–Crippen MR) is 85.2 cm³/mol. The number of likely N-dealkylation sites (tertiary alicyclic amines) is 1. The first-order valence-corrected chi connectivity index (χ1v) is 8.25. The molecule has 1 aliphatic heterocycles. The van der Waals surface area contributed by atoms with Crippen LogP contribution >= 0.6 is 0 Å². The zero-order valence-corrected chi connectivity index (χ0v) is 12.9. The summed E-state index contributed by atoms with van der Waals surface area (Å²) in [5.74, 6) is 0.784. The van der Waals surface area contributed by atoms with E-state index in [0.717, 1.165) is 12.0 Å². The van der Waals surface area contributed by atoms with Gasteiger partial charge in [-0.2, -0.15) is 0 Å². The van der Waals surface area contributed by atoms with E-state index in [2.05, 4.69) is 48.3 Å². The van der Waals surface area contributed by atoms with Crippen molar-refractivity contribution < 1.29 is 0 Å². The van der Waals surface area contributed by atoms with Gasteiger partial charge in [0.15, 0.2) is 0 Å². The van der Waals surface area contributed by atoms with E-state index in [1.807, 2.05) is 0 Å². The summed E-state index contributed by atoms with van der Waals surface area (Å²) in [7, 11) is 0. The largest absolute Gasteiger partial charge is 0.310 e. The Hall–Kier alpha value is -0.860. The van der Waals surface area contributed by atoms with Crippen molar-refractivity contribution in [3.05, 3.63) is 35.4 Å². The minimum Gasteiger partial charge on any atom is -0.310 e. The van der Waals surface area contributed by atoms with Gasteiger partial charge in [0.1, 0.15) is 0 Å². The molecule has 1 N–H and O–H groups in total. The lowest BCUT2D eigenvalue weighted by Crippen LogP contribution is -2.48. The summed E-state index contributed by atoms with van der Waals surface area (Å²) in [6, 6.07) is 10.5. The summed E-state index contributed by atoms with van der Waals surface area (Å²) in [6.45, 7) is 8.35. The lowest BCUT2D eigenvalue weighted by atomic mass is 9.75. The first-order chi connectivity index (χ1) is 9.70. The average Bonchev–Trinajstić information content (AvgIpc) is 2.87. The number of hydrogen-bond donors (Lipinski definition) is 1. The van der Waals surface area contributed by atoms with Gasteiger partial charge in [-0.3, -0.25) is 0 Å². The maximum atomic E-state index is 3.81. The standard InChI is InChI=1S/C18H28N2/c1-14-5-7-16(8-6-14)17-11-18(12-17)19-15(2)13-20-9-3-4-10-20/h5-8,15,17-19H,3-4,9-13H2,1-2H3. The third-order valence-electron chi connectivity index (χ3n) is 4.94. The molecule has 0 spiro atoms. The number of aryl methyl sites for hydroxylation is 1. The molecule has 1 saturated heterocycles. The van der Waals surface area contributed by atoms with E-state index < -0.39 is 0 Å². The van der Waals surface area contributed by atoms with Crippen molar-refractivity contribution in [3.63, 3.8) is 0 Å². The van der Waals surface area contributed by atoms with Crippen LogP contribution in [0.3, 0.4) is 0 Å². The summed E-state index contributed by atoms with van der Waals surface area (Å²) in [5, 5.41) is 3.81. The Kier molecular flexibility index (Phi) is 4.42. The van der Waals surface area contributed by atoms with Gasteiger partial charge < -0.3 is 10.2 Å². The molecule has 1 atom stereocenters. The van der Waals surface area contributed by atoms with Gasteiger partial charge in [-0.05, 0) is 64.1 Å².